The molecule has 30 heavy (non-hydrogen) atoms. The third-order valence-electron chi connectivity index (χ3n) is 5.56. The Balaban J connectivity index is 1.32. The summed E-state index contributed by atoms with van der Waals surface area (Å²) in [7, 11) is 0. The minimum absolute atomic E-state index is 0.0113. The highest BCUT2D eigenvalue weighted by Gasteiger charge is 2.25. The second-order valence-corrected chi connectivity index (χ2v) is 8.20. The third-order valence-corrected chi connectivity index (χ3v) is 5.82. The predicted molar refractivity (Wildman–Crippen MR) is 120 cm³/mol. The Bertz CT molecular complexity index is 1050. The quantitative estimate of drug-likeness (QED) is 0.619. The number of carbonyl (C=O) groups excluding carboxylic acids is 2. The monoisotopic (exact) mass is 421 g/mol. The lowest BCUT2D eigenvalue weighted by molar-refractivity contribution is -0.116. The van der Waals surface area contributed by atoms with Gasteiger partial charge in [0, 0.05) is 47.4 Å². The molecule has 0 aliphatic carbocycles. The maximum Gasteiger partial charge on any atom is 0.253 e. The average Bonchev–Trinajstić information content (AvgIpc) is 2.78. The van der Waals surface area contributed by atoms with Gasteiger partial charge < -0.3 is 10.2 Å². The van der Waals surface area contributed by atoms with Gasteiger partial charge in [-0.3, -0.25) is 14.6 Å². The van der Waals surface area contributed by atoms with E-state index in [0.29, 0.717) is 29.5 Å². The summed E-state index contributed by atoms with van der Waals surface area (Å²) in [5.41, 5.74) is 2.32. The van der Waals surface area contributed by atoms with Gasteiger partial charge in [-0.2, -0.15) is 0 Å². The van der Waals surface area contributed by atoms with E-state index < -0.39 is 0 Å². The number of rotatable bonds is 5. The molecule has 0 radical (unpaired) electrons. The highest BCUT2D eigenvalue weighted by molar-refractivity contribution is 6.30. The van der Waals surface area contributed by atoms with Crippen molar-refractivity contribution >= 4 is 40.0 Å². The van der Waals surface area contributed by atoms with Crippen LogP contribution in [0, 0.1) is 5.92 Å². The molecule has 1 aliphatic rings. The van der Waals surface area contributed by atoms with E-state index in [1.807, 2.05) is 35.2 Å². The molecule has 1 aliphatic heterocycles. The van der Waals surface area contributed by atoms with Crippen molar-refractivity contribution in [3.63, 3.8) is 0 Å². The molecule has 1 atom stereocenters. The molecule has 0 saturated carbocycles. The molecule has 0 bridgehead atoms. The van der Waals surface area contributed by atoms with Gasteiger partial charge in [0.2, 0.25) is 5.91 Å². The van der Waals surface area contributed by atoms with Crippen LogP contribution in [-0.4, -0.2) is 34.8 Å². The first-order valence-corrected chi connectivity index (χ1v) is 10.7. The van der Waals surface area contributed by atoms with E-state index in [-0.39, 0.29) is 11.8 Å². The van der Waals surface area contributed by atoms with E-state index in [0.717, 1.165) is 42.4 Å². The first kappa shape index (κ1) is 20.4. The summed E-state index contributed by atoms with van der Waals surface area (Å²) in [6.45, 7) is 1.45. The lowest BCUT2D eigenvalue weighted by Gasteiger charge is -2.33. The van der Waals surface area contributed by atoms with Gasteiger partial charge in [0.25, 0.3) is 5.91 Å². The number of anilines is 1. The topological polar surface area (TPSA) is 62.3 Å². The van der Waals surface area contributed by atoms with Crippen molar-refractivity contribution in [2.24, 2.45) is 5.92 Å². The normalized spacial score (nSPS) is 16.4. The van der Waals surface area contributed by atoms with Crippen LogP contribution in [0.3, 0.4) is 0 Å². The minimum atomic E-state index is -0.0113. The highest BCUT2D eigenvalue weighted by atomic mass is 35.5. The summed E-state index contributed by atoms with van der Waals surface area (Å²) in [6, 6.07) is 16.6. The van der Waals surface area contributed by atoms with Crippen LogP contribution in [-0.2, 0) is 4.79 Å². The van der Waals surface area contributed by atoms with Gasteiger partial charge in [0.15, 0.2) is 0 Å². The predicted octanol–water partition coefficient (Wildman–Crippen LogP) is 5.16. The number of nitrogens with one attached hydrogen (secondary N) is 1. The maximum absolute atomic E-state index is 13.0. The molecule has 0 spiro atoms. The third kappa shape index (κ3) is 4.97. The van der Waals surface area contributed by atoms with Crippen LogP contribution in [0.1, 0.15) is 36.0 Å². The number of halogens is 1. The number of nitrogens with zero attached hydrogens (tertiary/aromatic N) is 2. The fraction of sp³-hybridized carbons (Fsp3) is 0.292. The molecule has 6 heteroatoms. The van der Waals surface area contributed by atoms with Gasteiger partial charge in [-0.25, -0.2) is 0 Å². The van der Waals surface area contributed by atoms with E-state index in [1.165, 1.54) is 0 Å². The number of hydrogen-bond acceptors (Lipinski definition) is 3. The minimum Gasteiger partial charge on any atom is -0.338 e. The first-order valence-electron chi connectivity index (χ1n) is 10.3. The van der Waals surface area contributed by atoms with Gasteiger partial charge in [-0.15, -0.1) is 0 Å². The molecule has 2 amide bonds. The second-order valence-electron chi connectivity index (χ2n) is 7.76. The fourth-order valence-electron chi connectivity index (χ4n) is 3.97. The highest BCUT2D eigenvalue weighted by Crippen LogP contribution is 2.24. The van der Waals surface area contributed by atoms with Crippen molar-refractivity contribution in [3.05, 3.63) is 71.4 Å². The number of hydrogen-bond donors (Lipinski definition) is 1. The Hall–Kier alpha value is -2.92. The number of benzene rings is 2. The van der Waals surface area contributed by atoms with Gasteiger partial charge >= 0.3 is 0 Å². The summed E-state index contributed by atoms with van der Waals surface area (Å²) >= 11 is 5.88. The largest absolute Gasteiger partial charge is 0.338 e. The SMILES string of the molecule is O=C(CCC1CCCN(C(=O)c2ccc3ncccc3c2)C1)Nc1ccc(Cl)cc1. The molecule has 1 N–H and O–H groups in total. The molecular formula is C24H24ClN3O2. The van der Waals surface area contributed by atoms with Gasteiger partial charge in [0.05, 0.1) is 5.52 Å². The number of amides is 2. The Morgan fingerprint density at radius 1 is 1.13 bits per heavy atom. The van der Waals surface area contributed by atoms with Crippen LogP contribution in [0.5, 0.6) is 0 Å². The van der Waals surface area contributed by atoms with Crippen LogP contribution in [0.25, 0.3) is 10.9 Å². The van der Waals surface area contributed by atoms with Crippen LogP contribution in [0.2, 0.25) is 5.02 Å². The molecule has 2 aromatic carbocycles. The summed E-state index contributed by atoms with van der Waals surface area (Å²) in [6.07, 6.45) is 4.97. The summed E-state index contributed by atoms with van der Waals surface area (Å²) < 4.78 is 0. The van der Waals surface area contributed by atoms with E-state index in [2.05, 4.69) is 10.3 Å². The van der Waals surface area contributed by atoms with Crippen molar-refractivity contribution in [2.75, 3.05) is 18.4 Å². The van der Waals surface area contributed by atoms with E-state index >= 15 is 0 Å². The van der Waals surface area contributed by atoms with Crippen molar-refractivity contribution in [2.45, 2.75) is 25.7 Å². The fourth-order valence-corrected chi connectivity index (χ4v) is 4.09. The zero-order chi connectivity index (χ0) is 20.9. The number of aromatic nitrogens is 1. The van der Waals surface area contributed by atoms with Crippen LogP contribution >= 0.6 is 11.6 Å². The Kier molecular flexibility index (Phi) is 6.29. The number of piperidine rings is 1. The molecule has 154 valence electrons. The van der Waals surface area contributed by atoms with Crippen LogP contribution < -0.4 is 5.32 Å². The van der Waals surface area contributed by atoms with Crippen molar-refractivity contribution in [3.8, 4) is 0 Å². The number of pyridine rings is 1. The molecule has 1 fully saturated rings. The van der Waals surface area contributed by atoms with E-state index in [9.17, 15) is 9.59 Å². The molecule has 1 saturated heterocycles. The Labute approximate surface area is 181 Å². The number of carbonyl (C=O) groups is 2. The van der Waals surface area contributed by atoms with Crippen LogP contribution in [0.4, 0.5) is 5.69 Å². The smallest absolute Gasteiger partial charge is 0.253 e. The molecule has 5 nitrogen and oxygen atoms in total. The molecule has 1 unspecified atom stereocenters. The molecule has 4 rings (SSSR count). The Morgan fingerprint density at radius 3 is 2.80 bits per heavy atom. The van der Waals surface area contributed by atoms with Crippen LogP contribution in [0.15, 0.2) is 60.8 Å². The molecule has 3 aromatic rings. The van der Waals surface area contributed by atoms with Gasteiger partial charge in [0.1, 0.15) is 0 Å². The lowest BCUT2D eigenvalue weighted by atomic mass is 9.92. The zero-order valence-electron chi connectivity index (χ0n) is 16.7. The van der Waals surface area contributed by atoms with Gasteiger partial charge in [-0.05, 0) is 73.7 Å². The number of likely N-dealkylation sites (tertiary alicyclic amines) is 1. The summed E-state index contributed by atoms with van der Waals surface area (Å²) in [5, 5.41) is 4.51. The van der Waals surface area contributed by atoms with Gasteiger partial charge in [-0.1, -0.05) is 17.7 Å². The average molecular weight is 422 g/mol. The van der Waals surface area contributed by atoms with Crippen molar-refractivity contribution in [1.29, 1.82) is 0 Å². The summed E-state index contributed by atoms with van der Waals surface area (Å²) in [5.74, 6) is 0.375. The molecule has 1 aromatic heterocycles. The van der Waals surface area contributed by atoms with E-state index in [1.54, 1.807) is 30.5 Å². The summed E-state index contributed by atoms with van der Waals surface area (Å²) in [4.78, 5) is 31.5. The van der Waals surface area contributed by atoms with E-state index in [4.69, 9.17) is 11.6 Å². The molecular weight excluding hydrogens is 398 g/mol. The zero-order valence-corrected chi connectivity index (χ0v) is 17.4. The van der Waals surface area contributed by atoms with Crippen molar-refractivity contribution < 1.29 is 9.59 Å². The number of fused-ring (bicyclic) bond motifs is 1. The maximum atomic E-state index is 13.0. The van der Waals surface area contributed by atoms with Crippen molar-refractivity contribution in [1.82, 2.24) is 9.88 Å². The standard InChI is InChI=1S/C24H24ClN3O2/c25-20-7-9-21(10-8-20)27-23(29)12-5-17-3-2-14-28(16-17)24(30)19-6-11-22-18(15-19)4-1-13-26-22/h1,4,6-11,13,15,17H,2-3,5,12,14,16H2,(H,27,29). The molecule has 2 heterocycles. The lowest BCUT2D eigenvalue weighted by Crippen LogP contribution is -2.40. The second kappa shape index (κ2) is 9.26. The Morgan fingerprint density at radius 2 is 1.97 bits per heavy atom. The first-order chi connectivity index (χ1) is 14.6.